The fourth-order valence-electron chi connectivity index (χ4n) is 2.64. The maximum Gasteiger partial charge on any atom is 0.195 e. The first kappa shape index (κ1) is 17.4. The molecule has 130 valence electrons. The lowest BCUT2D eigenvalue weighted by atomic mass is 10.1. The number of para-hydroxylation sites is 1. The van der Waals surface area contributed by atoms with Crippen molar-refractivity contribution >= 4 is 11.8 Å². The Morgan fingerprint density at radius 3 is 2.44 bits per heavy atom. The molecule has 3 aromatic rings. The van der Waals surface area contributed by atoms with Crippen molar-refractivity contribution in [3.63, 3.8) is 0 Å². The lowest BCUT2D eigenvalue weighted by Gasteiger charge is -2.13. The summed E-state index contributed by atoms with van der Waals surface area (Å²) in [5.74, 6) is 2.26. The standard InChI is InChI=1S/C19H21N3O2S/c1-13-7-5-6-8-16(13)22-12-20-21-19(22)25-11-15-10-18(24-4)17(23-3)9-14(15)2/h5-10,12H,11H2,1-4H3. The second-order valence-electron chi connectivity index (χ2n) is 5.69. The summed E-state index contributed by atoms with van der Waals surface area (Å²) in [6, 6.07) is 12.2. The Morgan fingerprint density at radius 1 is 1.00 bits per heavy atom. The van der Waals surface area contributed by atoms with E-state index in [0.29, 0.717) is 0 Å². The summed E-state index contributed by atoms with van der Waals surface area (Å²) in [6.45, 7) is 4.16. The van der Waals surface area contributed by atoms with Gasteiger partial charge in [0, 0.05) is 5.75 Å². The highest BCUT2D eigenvalue weighted by Crippen LogP contribution is 2.33. The Morgan fingerprint density at radius 2 is 1.72 bits per heavy atom. The van der Waals surface area contributed by atoms with Gasteiger partial charge in [0.1, 0.15) is 6.33 Å². The number of rotatable bonds is 6. The highest BCUT2D eigenvalue weighted by molar-refractivity contribution is 7.98. The summed E-state index contributed by atoms with van der Waals surface area (Å²) in [5, 5.41) is 9.22. The number of nitrogens with zero attached hydrogens (tertiary/aromatic N) is 3. The van der Waals surface area contributed by atoms with E-state index in [2.05, 4.69) is 36.2 Å². The maximum absolute atomic E-state index is 5.41. The number of hydrogen-bond acceptors (Lipinski definition) is 5. The van der Waals surface area contributed by atoms with E-state index in [-0.39, 0.29) is 0 Å². The molecule has 0 aliphatic rings. The van der Waals surface area contributed by atoms with Gasteiger partial charge in [-0.2, -0.15) is 0 Å². The fraction of sp³-hybridized carbons (Fsp3) is 0.263. The number of thioether (sulfide) groups is 1. The van der Waals surface area contributed by atoms with Crippen LogP contribution in [-0.4, -0.2) is 29.0 Å². The Bertz CT molecular complexity index is 877. The third kappa shape index (κ3) is 3.64. The van der Waals surface area contributed by atoms with Crippen molar-refractivity contribution in [2.24, 2.45) is 0 Å². The number of ether oxygens (including phenoxy) is 2. The summed E-state index contributed by atoms with van der Waals surface area (Å²) in [4.78, 5) is 0. The van der Waals surface area contributed by atoms with Gasteiger partial charge >= 0.3 is 0 Å². The quantitative estimate of drug-likeness (QED) is 0.621. The van der Waals surface area contributed by atoms with Crippen molar-refractivity contribution in [2.75, 3.05) is 14.2 Å². The van der Waals surface area contributed by atoms with Gasteiger partial charge in [0.2, 0.25) is 0 Å². The molecule has 6 heteroatoms. The largest absolute Gasteiger partial charge is 0.493 e. The molecule has 3 rings (SSSR count). The van der Waals surface area contributed by atoms with E-state index in [1.165, 1.54) is 11.1 Å². The minimum absolute atomic E-state index is 0.740. The molecule has 1 heterocycles. The molecule has 0 unspecified atom stereocenters. The van der Waals surface area contributed by atoms with Crippen LogP contribution < -0.4 is 9.47 Å². The normalized spacial score (nSPS) is 10.7. The predicted octanol–water partition coefficient (Wildman–Crippen LogP) is 4.19. The smallest absolute Gasteiger partial charge is 0.195 e. The van der Waals surface area contributed by atoms with E-state index in [0.717, 1.165) is 33.7 Å². The summed E-state index contributed by atoms with van der Waals surface area (Å²) >= 11 is 1.65. The van der Waals surface area contributed by atoms with Gasteiger partial charge in [0.15, 0.2) is 16.7 Å². The van der Waals surface area contributed by atoms with Gasteiger partial charge in [-0.3, -0.25) is 4.57 Å². The number of benzene rings is 2. The zero-order valence-corrected chi connectivity index (χ0v) is 15.6. The lowest BCUT2D eigenvalue weighted by Crippen LogP contribution is -1.99. The molecule has 0 spiro atoms. The van der Waals surface area contributed by atoms with Crippen molar-refractivity contribution in [2.45, 2.75) is 24.8 Å². The molecule has 0 saturated carbocycles. The van der Waals surface area contributed by atoms with Crippen LogP contribution in [0.5, 0.6) is 11.5 Å². The average molecular weight is 355 g/mol. The van der Waals surface area contributed by atoms with Gasteiger partial charge in [-0.05, 0) is 48.7 Å². The SMILES string of the molecule is COc1cc(C)c(CSc2nncn2-c2ccccc2C)cc1OC. The minimum atomic E-state index is 0.740. The first-order valence-corrected chi connectivity index (χ1v) is 8.93. The number of aryl methyl sites for hydroxylation is 2. The molecule has 1 aromatic heterocycles. The van der Waals surface area contributed by atoms with Crippen molar-refractivity contribution in [1.82, 2.24) is 14.8 Å². The highest BCUT2D eigenvalue weighted by atomic mass is 32.2. The van der Waals surface area contributed by atoms with E-state index in [9.17, 15) is 0 Å². The molecule has 0 saturated heterocycles. The summed E-state index contributed by atoms with van der Waals surface area (Å²) < 4.78 is 12.8. The fourth-order valence-corrected chi connectivity index (χ4v) is 3.63. The average Bonchev–Trinajstić information content (AvgIpc) is 3.09. The molecular formula is C19H21N3O2S. The molecule has 0 aliphatic heterocycles. The van der Waals surface area contributed by atoms with Crippen LogP contribution in [0.3, 0.4) is 0 Å². The third-order valence-corrected chi connectivity index (χ3v) is 5.08. The second-order valence-corrected chi connectivity index (χ2v) is 6.63. The van der Waals surface area contributed by atoms with Crippen molar-refractivity contribution in [3.8, 4) is 17.2 Å². The minimum Gasteiger partial charge on any atom is -0.493 e. The maximum atomic E-state index is 5.41. The summed E-state index contributed by atoms with van der Waals surface area (Å²) in [5.41, 5.74) is 4.62. The van der Waals surface area contributed by atoms with Crippen LogP contribution in [0.25, 0.3) is 5.69 Å². The van der Waals surface area contributed by atoms with E-state index in [1.54, 1.807) is 32.3 Å². The second kappa shape index (κ2) is 7.61. The molecule has 0 fully saturated rings. The van der Waals surface area contributed by atoms with Crippen LogP contribution in [0, 0.1) is 13.8 Å². The molecular weight excluding hydrogens is 334 g/mol. The van der Waals surface area contributed by atoms with E-state index < -0.39 is 0 Å². The zero-order valence-electron chi connectivity index (χ0n) is 14.8. The molecule has 0 radical (unpaired) electrons. The van der Waals surface area contributed by atoms with Crippen LogP contribution in [0.15, 0.2) is 47.9 Å². The van der Waals surface area contributed by atoms with Gasteiger partial charge in [0.05, 0.1) is 19.9 Å². The number of aromatic nitrogens is 3. The predicted molar refractivity (Wildman–Crippen MR) is 99.9 cm³/mol. The van der Waals surface area contributed by atoms with Gasteiger partial charge in [-0.1, -0.05) is 30.0 Å². The molecule has 0 N–H and O–H groups in total. The zero-order chi connectivity index (χ0) is 17.8. The topological polar surface area (TPSA) is 49.2 Å². The Labute approximate surface area is 152 Å². The molecule has 0 amide bonds. The third-order valence-electron chi connectivity index (χ3n) is 4.09. The molecule has 0 aliphatic carbocycles. The summed E-state index contributed by atoms with van der Waals surface area (Å²) in [6.07, 6.45) is 1.76. The van der Waals surface area contributed by atoms with Gasteiger partial charge in [-0.25, -0.2) is 0 Å². The van der Waals surface area contributed by atoms with Crippen molar-refractivity contribution in [3.05, 3.63) is 59.4 Å². The van der Waals surface area contributed by atoms with E-state index in [1.807, 2.05) is 28.8 Å². The van der Waals surface area contributed by atoms with Gasteiger partial charge in [0.25, 0.3) is 0 Å². The molecule has 0 atom stereocenters. The molecule has 25 heavy (non-hydrogen) atoms. The first-order chi connectivity index (χ1) is 12.1. The lowest BCUT2D eigenvalue weighted by molar-refractivity contribution is 0.354. The monoisotopic (exact) mass is 355 g/mol. The molecule has 2 aromatic carbocycles. The van der Waals surface area contributed by atoms with Crippen LogP contribution in [0.4, 0.5) is 0 Å². The van der Waals surface area contributed by atoms with E-state index >= 15 is 0 Å². The van der Waals surface area contributed by atoms with Crippen molar-refractivity contribution < 1.29 is 9.47 Å². The molecule has 0 bridgehead atoms. The van der Waals surface area contributed by atoms with Crippen molar-refractivity contribution in [1.29, 1.82) is 0 Å². The van der Waals surface area contributed by atoms with Crippen LogP contribution in [-0.2, 0) is 5.75 Å². The van der Waals surface area contributed by atoms with Gasteiger partial charge < -0.3 is 9.47 Å². The number of hydrogen-bond donors (Lipinski definition) is 0. The Hall–Kier alpha value is -2.47. The van der Waals surface area contributed by atoms with Crippen LogP contribution in [0.2, 0.25) is 0 Å². The summed E-state index contributed by atoms with van der Waals surface area (Å²) in [7, 11) is 3.30. The Kier molecular flexibility index (Phi) is 5.28. The van der Waals surface area contributed by atoms with Gasteiger partial charge in [-0.15, -0.1) is 10.2 Å². The van der Waals surface area contributed by atoms with Crippen LogP contribution in [0.1, 0.15) is 16.7 Å². The van der Waals surface area contributed by atoms with E-state index in [4.69, 9.17) is 9.47 Å². The number of methoxy groups -OCH3 is 2. The van der Waals surface area contributed by atoms with Crippen LogP contribution >= 0.6 is 11.8 Å². The first-order valence-electron chi connectivity index (χ1n) is 7.94. The highest BCUT2D eigenvalue weighted by Gasteiger charge is 2.12. The Balaban J connectivity index is 1.84. The molecule has 5 nitrogen and oxygen atoms in total.